The topological polar surface area (TPSA) is 237 Å². The van der Waals surface area contributed by atoms with Gasteiger partial charge in [-0.05, 0) is 49.4 Å². The lowest BCUT2D eigenvalue weighted by Gasteiger charge is -2.21. The van der Waals surface area contributed by atoms with Crippen molar-refractivity contribution in [2.45, 2.75) is 414 Å². The van der Waals surface area contributed by atoms with Gasteiger partial charge in [-0.25, -0.2) is 9.13 Å². The van der Waals surface area contributed by atoms with E-state index in [1.54, 1.807) is 0 Å². The molecule has 0 fully saturated rings. The predicted molar refractivity (Wildman–Crippen MR) is 395 cm³/mol. The minimum absolute atomic E-state index is 0.102. The normalized spacial score (nSPS) is 14.9. The number of rotatable bonds is 75. The van der Waals surface area contributed by atoms with Gasteiger partial charge in [0.1, 0.15) is 19.3 Å². The van der Waals surface area contributed by atoms with E-state index in [1.807, 2.05) is 0 Å². The van der Waals surface area contributed by atoms with Gasteiger partial charge in [0, 0.05) is 25.7 Å². The summed E-state index contributed by atoms with van der Waals surface area (Å²) in [4.78, 5) is 72.8. The monoisotopic (exact) mass is 1420 g/mol. The number of esters is 4. The van der Waals surface area contributed by atoms with Gasteiger partial charge in [0.05, 0.1) is 26.4 Å². The summed E-state index contributed by atoms with van der Waals surface area (Å²) >= 11 is 0. The van der Waals surface area contributed by atoms with Crippen molar-refractivity contribution in [1.82, 2.24) is 0 Å². The van der Waals surface area contributed by atoms with E-state index in [9.17, 15) is 43.2 Å². The number of phosphoric acid groups is 2. The average molecular weight is 1420 g/mol. The fraction of sp³-hybridized carbons (Fsp3) is 0.949. The van der Waals surface area contributed by atoms with Crippen LogP contribution in [0.25, 0.3) is 0 Å². The van der Waals surface area contributed by atoms with Crippen LogP contribution in [0.4, 0.5) is 0 Å². The Hall–Kier alpha value is -1.94. The van der Waals surface area contributed by atoms with Crippen LogP contribution in [0.5, 0.6) is 0 Å². The van der Waals surface area contributed by atoms with Gasteiger partial charge in [0.15, 0.2) is 12.2 Å². The van der Waals surface area contributed by atoms with Crippen LogP contribution in [0.3, 0.4) is 0 Å². The molecule has 0 spiro atoms. The minimum Gasteiger partial charge on any atom is -0.462 e. The molecular weight excluding hydrogens is 1270 g/mol. The van der Waals surface area contributed by atoms with Crippen LogP contribution < -0.4 is 0 Å². The van der Waals surface area contributed by atoms with E-state index < -0.39 is 97.5 Å². The zero-order valence-corrected chi connectivity index (χ0v) is 65.5. The number of aliphatic hydroxyl groups excluding tert-OH is 1. The number of phosphoric ester groups is 2. The van der Waals surface area contributed by atoms with E-state index in [0.29, 0.717) is 25.7 Å². The SMILES string of the molecule is CCC(C)CCCCCCCCCCCCCCCCC(=O)O[C@H](COC(=O)CCCCCCCCCCCCCCCCCCC(C)C)COP(=O)(O)OC[C@@H](O)COP(=O)(O)OC[C@@H](COC(=O)CCCCCCCCC(C)CC)OC(=O)CCCCCCCCC(C)CC. The third kappa shape index (κ3) is 68.3. The molecule has 0 heterocycles. The maximum Gasteiger partial charge on any atom is 0.472 e. The van der Waals surface area contributed by atoms with Crippen molar-refractivity contribution in [3.8, 4) is 0 Å². The molecule has 19 heteroatoms. The van der Waals surface area contributed by atoms with Crippen LogP contribution in [-0.2, 0) is 65.4 Å². The van der Waals surface area contributed by atoms with Crippen molar-refractivity contribution in [1.29, 1.82) is 0 Å². The van der Waals surface area contributed by atoms with Gasteiger partial charge in [-0.15, -0.1) is 0 Å². The molecule has 0 aliphatic carbocycles. The van der Waals surface area contributed by atoms with Crippen molar-refractivity contribution in [3.05, 3.63) is 0 Å². The molecule has 0 aromatic heterocycles. The van der Waals surface area contributed by atoms with E-state index in [2.05, 4.69) is 55.4 Å². The molecule has 0 rings (SSSR count). The largest absolute Gasteiger partial charge is 0.472 e. The molecule has 97 heavy (non-hydrogen) atoms. The number of hydrogen-bond donors (Lipinski definition) is 3. The molecule has 0 saturated carbocycles. The van der Waals surface area contributed by atoms with Crippen molar-refractivity contribution in [2.75, 3.05) is 39.6 Å². The fourth-order valence-electron chi connectivity index (χ4n) is 11.8. The summed E-state index contributed by atoms with van der Waals surface area (Å²) in [6, 6.07) is 0. The Morgan fingerprint density at radius 1 is 0.289 bits per heavy atom. The van der Waals surface area contributed by atoms with Gasteiger partial charge < -0.3 is 33.8 Å². The molecule has 3 N–H and O–H groups in total. The zero-order chi connectivity index (χ0) is 71.7. The van der Waals surface area contributed by atoms with E-state index in [1.165, 1.54) is 193 Å². The molecule has 576 valence electrons. The number of ether oxygens (including phenoxy) is 4. The van der Waals surface area contributed by atoms with Crippen molar-refractivity contribution >= 4 is 39.5 Å². The van der Waals surface area contributed by atoms with Crippen molar-refractivity contribution in [3.63, 3.8) is 0 Å². The Balaban J connectivity index is 5.22. The van der Waals surface area contributed by atoms with Gasteiger partial charge >= 0.3 is 39.5 Å². The molecule has 17 nitrogen and oxygen atoms in total. The summed E-state index contributed by atoms with van der Waals surface area (Å²) in [5.41, 5.74) is 0. The van der Waals surface area contributed by atoms with Gasteiger partial charge in [-0.2, -0.15) is 0 Å². The molecule has 0 aliphatic rings. The number of unbranched alkanes of at least 4 members (excludes halogenated alkanes) is 38. The quantitative estimate of drug-likeness (QED) is 0.0222. The number of carbonyl (C=O) groups is 4. The highest BCUT2D eigenvalue weighted by Crippen LogP contribution is 2.45. The van der Waals surface area contributed by atoms with E-state index >= 15 is 0 Å². The molecule has 5 unspecified atom stereocenters. The molecule has 0 bridgehead atoms. The third-order valence-corrected chi connectivity index (χ3v) is 21.1. The highest BCUT2D eigenvalue weighted by molar-refractivity contribution is 7.47. The van der Waals surface area contributed by atoms with Gasteiger partial charge in [-0.1, -0.05) is 344 Å². The van der Waals surface area contributed by atoms with E-state index in [-0.39, 0.29) is 25.7 Å². The minimum atomic E-state index is -4.96. The molecule has 8 atom stereocenters. The van der Waals surface area contributed by atoms with Gasteiger partial charge in [-0.3, -0.25) is 37.3 Å². The number of hydrogen-bond acceptors (Lipinski definition) is 15. The summed E-state index contributed by atoms with van der Waals surface area (Å²) in [6.45, 7) is 14.2. The summed E-state index contributed by atoms with van der Waals surface area (Å²) in [6.07, 6.45) is 52.8. The second-order valence-corrected chi connectivity index (χ2v) is 32.2. The first-order valence-corrected chi connectivity index (χ1v) is 43.3. The lowest BCUT2D eigenvalue weighted by atomic mass is 9.99. The highest BCUT2D eigenvalue weighted by atomic mass is 31.2. The lowest BCUT2D eigenvalue weighted by Crippen LogP contribution is -2.30. The van der Waals surface area contributed by atoms with Crippen LogP contribution in [0.1, 0.15) is 396 Å². The fourth-order valence-corrected chi connectivity index (χ4v) is 13.4. The van der Waals surface area contributed by atoms with E-state index in [4.69, 9.17) is 37.0 Å². The van der Waals surface area contributed by atoms with Gasteiger partial charge in [0.2, 0.25) is 0 Å². The molecule has 0 aromatic rings. The smallest absolute Gasteiger partial charge is 0.462 e. The first-order valence-electron chi connectivity index (χ1n) is 40.3. The molecular formula is C78H152O17P2. The molecule has 0 saturated heterocycles. The Bertz CT molecular complexity index is 1910. The third-order valence-electron chi connectivity index (χ3n) is 19.2. The Morgan fingerprint density at radius 3 is 0.732 bits per heavy atom. The standard InChI is InChI=1S/C78H152O17P2/c1-9-69(6)55-47-39-31-27-23-19-16-17-21-25-29-33-44-52-60-77(82)94-73(64-88-75(80)58-50-42-32-28-24-20-15-13-12-14-18-22-26-30-38-46-54-68(4)5)66-92-96(84,85)90-62-72(79)63-91-97(86,87)93-67-74(95-78(83)61-53-45-37-35-41-49-57-71(8)11-3)65-89-76(81)59-51-43-36-34-40-48-56-70(7)10-2/h68-74,79H,9-67H2,1-8H3,(H,84,85)(H,86,87)/t69?,70?,71?,72-,73-,74-/m1/s1. The molecule has 0 aromatic carbocycles. The Kier molecular flexibility index (Phi) is 65.9. The van der Waals surface area contributed by atoms with Crippen molar-refractivity contribution < 1.29 is 80.2 Å². The first-order chi connectivity index (χ1) is 46.7. The maximum absolute atomic E-state index is 13.1. The van der Waals surface area contributed by atoms with Crippen LogP contribution >= 0.6 is 15.6 Å². The van der Waals surface area contributed by atoms with Crippen LogP contribution in [0.15, 0.2) is 0 Å². The van der Waals surface area contributed by atoms with Crippen LogP contribution in [-0.4, -0.2) is 96.7 Å². The zero-order valence-electron chi connectivity index (χ0n) is 63.7. The molecule has 0 aliphatic heterocycles. The predicted octanol–water partition coefficient (Wildman–Crippen LogP) is 22.8. The number of carbonyl (C=O) groups excluding carboxylic acids is 4. The summed E-state index contributed by atoms with van der Waals surface area (Å²) in [5, 5.41) is 10.6. The highest BCUT2D eigenvalue weighted by Gasteiger charge is 2.30. The maximum atomic E-state index is 13.1. The van der Waals surface area contributed by atoms with Crippen molar-refractivity contribution in [2.24, 2.45) is 23.7 Å². The van der Waals surface area contributed by atoms with Crippen LogP contribution in [0.2, 0.25) is 0 Å². The Morgan fingerprint density at radius 2 is 0.495 bits per heavy atom. The lowest BCUT2D eigenvalue weighted by molar-refractivity contribution is -0.161. The first kappa shape index (κ1) is 95.1. The molecule has 0 amide bonds. The molecule has 0 radical (unpaired) electrons. The number of aliphatic hydroxyl groups is 1. The van der Waals surface area contributed by atoms with Crippen LogP contribution in [0, 0.1) is 23.7 Å². The second-order valence-electron chi connectivity index (χ2n) is 29.3. The summed E-state index contributed by atoms with van der Waals surface area (Å²) < 4.78 is 68.5. The van der Waals surface area contributed by atoms with E-state index in [0.717, 1.165) is 120 Å². The second kappa shape index (κ2) is 67.2. The average Bonchev–Trinajstić information content (AvgIpc) is 1.22. The van der Waals surface area contributed by atoms with Gasteiger partial charge in [0.25, 0.3) is 0 Å². The summed E-state index contributed by atoms with van der Waals surface area (Å²) in [7, 11) is -9.92. The summed E-state index contributed by atoms with van der Waals surface area (Å²) in [5.74, 6) is 0.987. The Labute approximate surface area is 594 Å².